The van der Waals surface area contributed by atoms with Crippen LogP contribution >= 0.6 is 22.7 Å². The number of hydrogen-bond donors (Lipinski definition) is 0. The zero-order valence-corrected chi connectivity index (χ0v) is 17.0. The molecule has 0 aliphatic carbocycles. The van der Waals surface area contributed by atoms with Crippen molar-refractivity contribution < 1.29 is 9.53 Å². The minimum Gasteiger partial charge on any atom is -0.464 e. The van der Waals surface area contributed by atoms with Gasteiger partial charge in [0, 0.05) is 22.2 Å². The number of rotatable bonds is 6. The maximum absolute atomic E-state index is 13.5. The maximum atomic E-state index is 13.5. The SMILES string of the molecule is CCCc1nc2scc(-c3cccs3)c2c(=O)n1C(C)(C)C(=O)OCC. The van der Waals surface area contributed by atoms with Gasteiger partial charge in [-0.25, -0.2) is 9.78 Å². The Bertz CT molecular complexity index is 984. The zero-order chi connectivity index (χ0) is 18.9. The number of carbonyl (C=O) groups excluding carboxylic acids is 1. The Kier molecular flexibility index (Phi) is 5.29. The van der Waals surface area contributed by atoms with E-state index < -0.39 is 11.5 Å². The second-order valence-corrected chi connectivity index (χ2v) is 8.31. The Balaban J connectivity index is 2.31. The van der Waals surface area contributed by atoms with E-state index in [0.717, 1.165) is 21.7 Å². The second kappa shape index (κ2) is 7.32. The number of aryl methyl sites for hydroxylation is 1. The fourth-order valence-electron chi connectivity index (χ4n) is 3.01. The highest BCUT2D eigenvalue weighted by Crippen LogP contribution is 2.34. The van der Waals surface area contributed by atoms with Gasteiger partial charge in [0.15, 0.2) is 0 Å². The molecule has 7 heteroatoms. The minimum absolute atomic E-state index is 0.179. The lowest BCUT2D eigenvalue weighted by Crippen LogP contribution is -2.45. The molecule has 0 fully saturated rings. The lowest BCUT2D eigenvalue weighted by Gasteiger charge is -2.27. The number of esters is 1. The summed E-state index contributed by atoms with van der Waals surface area (Å²) in [5.41, 5.74) is -0.414. The number of thiophene rings is 2. The highest BCUT2D eigenvalue weighted by Gasteiger charge is 2.35. The number of aromatic nitrogens is 2. The Labute approximate surface area is 160 Å². The standard InChI is InChI=1S/C19H22N2O3S2/c1-5-8-14-20-16-15(12(11-26-16)13-9-7-10-25-13)17(22)21(14)19(3,4)18(23)24-6-2/h7,9-11H,5-6,8H2,1-4H3. The number of nitrogens with zero attached hydrogens (tertiary/aromatic N) is 2. The first kappa shape index (κ1) is 18.8. The van der Waals surface area contributed by atoms with Gasteiger partial charge in [0.1, 0.15) is 16.2 Å². The van der Waals surface area contributed by atoms with Gasteiger partial charge in [-0.15, -0.1) is 22.7 Å². The Hall–Kier alpha value is -1.99. The highest BCUT2D eigenvalue weighted by molar-refractivity contribution is 7.18. The first-order chi connectivity index (χ1) is 12.4. The van der Waals surface area contributed by atoms with Gasteiger partial charge >= 0.3 is 5.97 Å². The maximum Gasteiger partial charge on any atom is 0.331 e. The molecule has 138 valence electrons. The largest absolute Gasteiger partial charge is 0.464 e. The van der Waals surface area contributed by atoms with Crippen molar-refractivity contribution in [2.45, 2.75) is 46.1 Å². The Morgan fingerprint density at radius 2 is 2.08 bits per heavy atom. The molecule has 0 spiro atoms. The van der Waals surface area contributed by atoms with Crippen LogP contribution in [0.1, 0.15) is 39.9 Å². The summed E-state index contributed by atoms with van der Waals surface area (Å²) in [7, 11) is 0. The number of ether oxygens (including phenoxy) is 1. The van der Waals surface area contributed by atoms with Crippen molar-refractivity contribution in [1.29, 1.82) is 0 Å². The molecule has 3 heterocycles. The van der Waals surface area contributed by atoms with E-state index in [2.05, 4.69) is 0 Å². The molecule has 0 radical (unpaired) electrons. The van der Waals surface area contributed by atoms with Crippen LogP contribution in [0.4, 0.5) is 0 Å². The van der Waals surface area contributed by atoms with Crippen LogP contribution in [0, 0.1) is 0 Å². The predicted octanol–water partition coefficient (Wildman–Crippen LogP) is 4.44. The minimum atomic E-state index is -1.12. The quantitative estimate of drug-likeness (QED) is 0.584. The molecule has 0 aromatic carbocycles. The van der Waals surface area contributed by atoms with Gasteiger partial charge in [-0.3, -0.25) is 9.36 Å². The van der Waals surface area contributed by atoms with Crippen LogP contribution in [0.2, 0.25) is 0 Å². The molecule has 0 atom stereocenters. The van der Waals surface area contributed by atoms with Crippen molar-refractivity contribution in [2.24, 2.45) is 0 Å². The van der Waals surface area contributed by atoms with E-state index in [9.17, 15) is 9.59 Å². The molecule has 0 saturated heterocycles. The zero-order valence-electron chi connectivity index (χ0n) is 15.4. The topological polar surface area (TPSA) is 61.2 Å². The van der Waals surface area contributed by atoms with Crippen LogP contribution in [-0.4, -0.2) is 22.1 Å². The fourth-order valence-corrected chi connectivity index (χ4v) is 4.78. The summed E-state index contributed by atoms with van der Waals surface area (Å²) in [5, 5.41) is 4.54. The van der Waals surface area contributed by atoms with E-state index in [1.54, 1.807) is 32.1 Å². The van der Waals surface area contributed by atoms with Gasteiger partial charge in [0.05, 0.1) is 12.0 Å². The monoisotopic (exact) mass is 390 g/mol. The van der Waals surface area contributed by atoms with E-state index in [0.29, 0.717) is 17.6 Å². The molecule has 26 heavy (non-hydrogen) atoms. The molecular weight excluding hydrogens is 368 g/mol. The first-order valence-corrected chi connectivity index (χ1v) is 10.4. The van der Waals surface area contributed by atoms with Crippen molar-refractivity contribution >= 4 is 38.9 Å². The molecule has 0 aliphatic heterocycles. The smallest absolute Gasteiger partial charge is 0.331 e. The molecule has 0 bridgehead atoms. The third-order valence-electron chi connectivity index (χ3n) is 4.27. The summed E-state index contributed by atoms with van der Waals surface area (Å²) in [4.78, 5) is 32.5. The molecule has 3 aromatic rings. The van der Waals surface area contributed by atoms with Gasteiger partial charge in [0.2, 0.25) is 0 Å². The number of carbonyl (C=O) groups is 1. The third kappa shape index (κ3) is 3.10. The molecule has 0 saturated carbocycles. The molecule has 3 aromatic heterocycles. The van der Waals surface area contributed by atoms with Crippen molar-refractivity contribution in [3.8, 4) is 10.4 Å². The van der Waals surface area contributed by atoms with E-state index in [1.165, 1.54) is 15.9 Å². The lowest BCUT2D eigenvalue weighted by atomic mass is 10.0. The van der Waals surface area contributed by atoms with Gasteiger partial charge in [-0.2, -0.15) is 0 Å². The highest BCUT2D eigenvalue weighted by atomic mass is 32.1. The Morgan fingerprint density at radius 3 is 2.69 bits per heavy atom. The van der Waals surface area contributed by atoms with Crippen molar-refractivity contribution in [2.75, 3.05) is 6.61 Å². The third-order valence-corrected chi connectivity index (χ3v) is 6.05. The van der Waals surface area contributed by atoms with Gasteiger partial charge < -0.3 is 4.74 Å². The summed E-state index contributed by atoms with van der Waals surface area (Å²) in [6.07, 6.45) is 1.46. The van der Waals surface area contributed by atoms with Gasteiger partial charge in [0.25, 0.3) is 5.56 Å². The fraction of sp³-hybridized carbons (Fsp3) is 0.421. The van der Waals surface area contributed by atoms with Crippen LogP contribution < -0.4 is 5.56 Å². The van der Waals surface area contributed by atoms with E-state index >= 15 is 0 Å². The van der Waals surface area contributed by atoms with E-state index in [-0.39, 0.29) is 12.2 Å². The lowest BCUT2D eigenvalue weighted by molar-refractivity contribution is -0.152. The molecular formula is C19H22N2O3S2. The van der Waals surface area contributed by atoms with E-state index in [1.807, 2.05) is 29.8 Å². The average molecular weight is 391 g/mol. The number of fused-ring (bicyclic) bond motifs is 1. The van der Waals surface area contributed by atoms with Gasteiger partial charge in [-0.05, 0) is 38.6 Å². The summed E-state index contributed by atoms with van der Waals surface area (Å²) < 4.78 is 6.75. The van der Waals surface area contributed by atoms with Crippen molar-refractivity contribution in [3.63, 3.8) is 0 Å². The molecule has 3 rings (SSSR count). The Morgan fingerprint density at radius 1 is 1.31 bits per heavy atom. The first-order valence-electron chi connectivity index (χ1n) is 8.66. The summed E-state index contributed by atoms with van der Waals surface area (Å²) in [5.74, 6) is 0.205. The second-order valence-electron chi connectivity index (χ2n) is 6.50. The van der Waals surface area contributed by atoms with Crippen LogP contribution in [-0.2, 0) is 21.5 Å². The summed E-state index contributed by atoms with van der Waals surface area (Å²) in [6.45, 7) is 7.50. The predicted molar refractivity (Wildman–Crippen MR) is 107 cm³/mol. The van der Waals surface area contributed by atoms with Crippen LogP contribution in [0.15, 0.2) is 27.7 Å². The molecule has 5 nitrogen and oxygen atoms in total. The molecule has 0 aliphatic rings. The molecule has 0 unspecified atom stereocenters. The number of hydrogen-bond acceptors (Lipinski definition) is 6. The molecule has 0 amide bonds. The average Bonchev–Trinajstić information content (AvgIpc) is 3.24. The van der Waals surface area contributed by atoms with Crippen molar-refractivity contribution in [1.82, 2.24) is 9.55 Å². The molecule has 0 N–H and O–H groups in total. The van der Waals surface area contributed by atoms with Crippen molar-refractivity contribution in [3.05, 3.63) is 39.1 Å². The summed E-state index contributed by atoms with van der Waals surface area (Å²) >= 11 is 3.06. The van der Waals surface area contributed by atoms with E-state index in [4.69, 9.17) is 9.72 Å². The van der Waals surface area contributed by atoms with Crippen LogP contribution in [0.3, 0.4) is 0 Å². The van der Waals surface area contributed by atoms with Crippen LogP contribution in [0.5, 0.6) is 0 Å². The van der Waals surface area contributed by atoms with Gasteiger partial charge in [-0.1, -0.05) is 13.0 Å². The normalized spacial score (nSPS) is 11.8. The summed E-state index contributed by atoms with van der Waals surface area (Å²) in [6, 6.07) is 3.95. The van der Waals surface area contributed by atoms with Crippen LogP contribution in [0.25, 0.3) is 20.7 Å².